The summed E-state index contributed by atoms with van der Waals surface area (Å²) in [5.41, 5.74) is 3.13. The maximum absolute atomic E-state index is 12.1. The first-order valence-corrected chi connectivity index (χ1v) is 9.03. The van der Waals surface area contributed by atoms with E-state index in [2.05, 4.69) is 15.5 Å². The molecule has 0 radical (unpaired) electrons. The molecule has 0 spiro atoms. The van der Waals surface area contributed by atoms with Gasteiger partial charge in [0, 0.05) is 5.69 Å². The van der Waals surface area contributed by atoms with Crippen LogP contribution in [0.15, 0.2) is 22.5 Å². The zero-order chi connectivity index (χ0) is 18.6. The molecule has 1 atom stereocenters. The normalized spacial score (nSPS) is 12.7. The highest BCUT2D eigenvalue weighted by Gasteiger charge is 2.29. The standard InChI is InChI=1S/C15H17F3N4OS2/c1-8-5-4-6-11(9(8)2)20-13-21-22-14(25-13)24-10(3)12(23)19-7-15(16,17)18/h4-6,10H,7H2,1-3H3,(H,19,23)(H,20,21). The van der Waals surface area contributed by atoms with Crippen LogP contribution in [0.1, 0.15) is 18.1 Å². The summed E-state index contributed by atoms with van der Waals surface area (Å²) in [5.74, 6) is -0.693. The summed E-state index contributed by atoms with van der Waals surface area (Å²) in [6.45, 7) is 4.17. The van der Waals surface area contributed by atoms with E-state index in [0.717, 1.165) is 28.6 Å². The minimum atomic E-state index is -4.43. The molecule has 0 aliphatic heterocycles. The Morgan fingerprint density at radius 2 is 2.04 bits per heavy atom. The Kier molecular flexibility index (Phi) is 6.28. The number of benzene rings is 1. The fourth-order valence-corrected chi connectivity index (χ4v) is 3.78. The fraction of sp³-hybridized carbons (Fsp3) is 0.400. The Balaban J connectivity index is 1.94. The maximum atomic E-state index is 12.1. The summed E-state index contributed by atoms with van der Waals surface area (Å²) in [4.78, 5) is 11.7. The first-order valence-electron chi connectivity index (χ1n) is 7.33. The molecule has 1 amide bonds. The Morgan fingerprint density at radius 1 is 1.32 bits per heavy atom. The number of aromatic nitrogens is 2. The first kappa shape index (κ1) is 19.5. The molecular weight excluding hydrogens is 373 g/mol. The van der Waals surface area contributed by atoms with Gasteiger partial charge < -0.3 is 10.6 Å². The lowest BCUT2D eigenvalue weighted by Gasteiger charge is -2.11. The molecule has 0 fully saturated rings. The summed E-state index contributed by atoms with van der Waals surface area (Å²) in [5, 5.41) is 12.8. The third-order valence-corrected chi connectivity index (χ3v) is 5.39. The highest BCUT2D eigenvalue weighted by atomic mass is 32.2. The number of rotatable bonds is 6. The van der Waals surface area contributed by atoms with Crippen molar-refractivity contribution >= 4 is 39.8 Å². The monoisotopic (exact) mass is 390 g/mol. The smallest absolute Gasteiger partial charge is 0.346 e. The lowest BCUT2D eigenvalue weighted by atomic mass is 10.1. The minimum Gasteiger partial charge on any atom is -0.346 e. The number of thioether (sulfide) groups is 1. The van der Waals surface area contributed by atoms with Crippen LogP contribution in [0.2, 0.25) is 0 Å². The van der Waals surface area contributed by atoms with Gasteiger partial charge >= 0.3 is 6.18 Å². The van der Waals surface area contributed by atoms with E-state index in [1.807, 2.05) is 37.4 Å². The SMILES string of the molecule is Cc1cccc(Nc2nnc(SC(C)C(=O)NCC(F)(F)F)s2)c1C. The second-order valence-electron chi connectivity index (χ2n) is 5.34. The van der Waals surface area contributed by atoms with Crippen LogP contribution in [0, 0.1) is 13.8 Å². The number of carbonyl (C=O) groups excluding carboxylic acids is 1. The Labute approximate surface area is 151 Å². The van der Waals surface area contributed by atoms with Crippen molar-refractivity contribution in [2.24, 2.45) is 0 Å². The van der Waals surface area contributed by atoms with Crippen LogP contribution in [-0.2, 0) is 4.79 Å². The summed E-state index contributed by atoms with van der Waals surface area (Å²) in [7, 11) is 0. The number of halogens is 3. The molecule has 25 heavy (non-hydrogen) atoms. The van der Waals surface area contributed by atoms with Crippen molar-refractivity contribution in [1.82, 2.24) is 15.5 Å². The lowest BCUT2D eigenvalue weighted by molar-refractivity contribution is -0.137. The summed E-state index contributed by atoms with van der Waals surface area (Å²) in [6.07, 6.45) is -4.43. The van der Waals surface area contributed by atoms with Crippen molar-refractivity contribution in [2.75, 3.05) is 11.9 Å². The molecule has 1 aromatic heterocycles. The Morgan fingerprint density at radius 3 is 2.72 bits per heavy atom. The van der Waals surface area contributed by atoms with Gasteiger partial charge in [0.1, 0.15) is 6.54 Å². The molecule has 0 saturated heterocycles. The fourth-order valence-electron chi connectivity index (χ4n) is 1.85. The van der Waals surface area contributed by atoms with E-state index in [0.29, 0.717) is 9.47 Å². The van der Waals surface area contributed by atoms with E-state index in [-0.39, 0.29) is 0 Å². The summed E-state index contributed by atoms with van der Waals surface area (Å²) < 4.78 is 36.9. The molecule has 1 heterocycles. The number of nitrogens with zero attached hydrogens (tertiary/aromatic N) is 2. The number of carbonyl (C=O) groups is 1. The van der Waals surface area contributed by atoms with E-state index in [1.54, 1.807) is 0 Å². The number of alkyl halides is 3. The van der Waals surface area contributed by atoms with Gasteiger partial charge in [0.05, 0.1) is 5.25 Å². The molecule has 0 aliphatic carbocycles. The third-order valence-electron chi connectivity index (χ3n) is 3.36. The highest BCUT2D eigenvalue weighted by Crippen LogP contribution is 2.31. The second kappa shape index (κ2) is 8.05. The van der Waals surface area contributed by atoms with E-state index in [1.165, 1.54) is 18.3 Å². The molecule has 5 nitrogen and oxygen atoms in total. The van der Waals surface area contributed by atoms with Gasteiger partial charge in [0.25, 0.3) is 0 Å². The summed E-state index contributed by atoms with van der Waals surface area (Å²) >= 11 is 2.31. The van der Waals surface area contributed by atoms with Crippen LogP contribution in [0.4, 0.5) is 24.0 Å². The Bertz CT molecular complexity index is 749. The van der Waals surface area contributed by atoms with Crippen LogP contribution >= 0.6 is 23.1 Å². The van der Waals surface area contributed by atoms with Crippen LogP contribution in [0.5, 0.6) is 0 Å². The molecular formula is C15H17F3N4OS2. The zero-order valence-electron chi connectivity index (χ0n) is 13.8. The van der Waals surface area contributed by atoms with Crippen LogP contribution < -0.4 is 10.6 Å². The van der Waals surface area contributed by atoms with E-state index in [4.69, 9.17) is 0 Å². The van der Waals surface area contributed by atoms with Crippen molar-refractivity contribution in [1.29, 1.82) is 0 Å². The number of aryl methyl sites for hydroxylation is 1. The molecule has 0 saturated carbocycles. The number of nitrogens with one attached hydrogen (secondary N) is 2. The Hall–Kier alpha value is -1.81. The molecule has 0 bridgehead atoms. The van der Waals surface area contributed by atoms with Crippen molar-refractivity contribution in [3.8, 4) is 0 Å². The number of amides is 1. The minimum absolute atomic E-state index is 0.502. The van der Waals surface area contributed by atoms with Gasteiger partial charge in [0.15, 0.2) is 4.34 Å². The molecule has 2 N–H and O–H groups in total. The molecule has 0 aliphatic rings. The number of anilines is 2. The first-order chi connectivity index (χ1) is 11.7. The molecule has 1 aromatic carbocycles. The van der Waals surface area contributed by atoms with Gasteiger partial charge in [0.2, 0.25) is 11.0 Å². The van der Waals surface area contributed by atoms with Crippen LogP contribution in [0.25, 0.3) is 0 Å². The van der Waals surface area contributed by atoms with Gasteiger partial charge in [-0.15, -0.1) is 10.2 Å². The number of hydrogen-bond donors (Lipinski definition) is 2. The van der Waals surface area contributed by atoms with Crippen molar-refractivity contribution in [3.63, 3.8) is 0 Å². The van der Waals surface area contributed by atoms with Gasteiger partial charge in [-0.05, 0) is 38.0 Å². The molecule has 2 rings (SSSR count). The molecule has 10 heteroatoms. The predicted molar refractivity (Wildman–Crippen MR) is 93.5 cm³/mol. The third kappa shape index (κ3) is 5.89. The lowest BCUT2D eigenvalue weighted by Crippen LogP contribution is -2.37. The average Bonchev–Trinajstić information content (AvgIpc) is 2.95. The maximum Gasteiger partial charge on any atom is 0.405 e. The number of hydrogen-bond acceptors (Lipinski definition) is 6. The van der Waals surface area contributed by atoms with E-state index in [9.17, 15) is 18.0 Å². The predicted octanol–water partition coefficient (Wildman–Crippen LogP) is 4.06. The average molecular weight is 390 g/mol. The van der Waals surface area contributed by atoms with E-state index >= 15 is 0 Å². The quantitative estimate of drug-likeness (QED) is 0.728. The van der Waals surface area contributed by atoms with Gasteiger partial charge in [-0.1, -0.05) is 35.2 Å². The van der Waals surface area contributed by atoms with Gasteiger partial charge in [-0.25, -0.2) is 0 Å². The largest absolute Gasteiger partial charge is 0.405 e. The van der Waals surface area contributed by atoms with Gasteiger partial charge in [-0.2, -0.15) is 13.2 Å². The summed E-state index contributed by atoms with van der Waals surface area (Å²) in [6, 6.07) is 5.85. The van der Waals surface area contributed by atoms with E-state index < -0.39 is 23.9 Å². The van der Waals surface area contributed by atoms with Gasteiger partial charge in [-0.3, -0.25) is 4.79 Å². The van der Waals surface area contributed by atoms with Crippen molar-refractivity contribution < 1.29 is 18.0 Å². The highest BCUT2D eigenvalue weighted by molar-refractivity contribution is 8.02. The molecule has 2 aromatic rings. The van der Waals surface area contributed by atoms with Crippen LogP contribution in [-0.4, -0.2) is 34.1 Å². The molecule has 136 valence electrons. The second-order valence-corrected chi connectivity index (χ2v) is 7.90. The molecule has 1 unspecified atom stereocenters. The van der Waals surface area contributed by atoms with Crippen LogP contribution in [0.3, 0.4) is 0 Å². The topological polar surface area (TPSA) is 66.9 Å². The van der Waals surface area contributed by atoms with Crippen molar-refractivity contribution in [2.45, 2.75) is 36.5 Å². The zero-order valence-corrected chi connectivity index (χ0v) is 15.4. The van der Waals surface area contributed by atoms with Crippen molar-refractivity contribution in [3.05, 3.63) is 29.3 Å².